The molecule has 2 aliphatic rings. The van der Waals surface area contributed by atoms with E-state index in [1.807, 2.05) is 24.0 Å². The molecule has 0 unspecified atom stereocenters. The average molecular weight is 333 g/mol. The van der Waals surface area contributed by atoms with Crippen LogP contribution in [-0.4, -0.2) is 39.6 Å². The molecule has 0 bridgehead atoms. The average Bonchev–Trinajstić information content (AvgIpc) is 2.98. The molecule has 1 aliphatic heterocycles. The van der Waals surface area contributed by atoms with Crippen LogP contribution in [0.15, 0.2) is 28.7 Å². The van der Waals surface area contributed by atoms with E-state index in [-0.39, 0.29) is 18.0 Å². The van der Waals surface area contributed by atoms with Gasteiger partial charge in [-0.25, -0.2) is 0 Å². The van der Waals surface area contributed by atoms with Gasteiger partial charge in [0.25, 0.3) is 0 Å². The summed E-state index contributed by atoms with van der Waals surface area (Å²) in [6.07, 6.45) is 2.28. The molecule has 1 saturated heterocycles. The van der Waals surface area contributed by atoms with Gasteiger partial charge in [-0.3, -0.25) is 4.79 Å². The Morgan fingerprint density at radius 3 is 2.83 bits per heavy atom. The maximum Gasteiger partial charge on any atom is 0.316 e. The van der Waals surface area contributed by atoms with E-state index in [9.17, 15) is 4.79 Å². The number of anilines is 1. The molecule has 3 atom stereocenters. The number of aromatic nitrogens is 2. The van der Waals surface area contributed by atoms with Gasteiger partial charge in [-0.2, -0.15) is 0 Å². The van der Waals surface area contributed by atoms with Crippen LogP contribution in [0.5, 0.6) is 0 Å². The number of hydrogen-bond acceptors (Lipinski definition) is 5. The maximum atomic E-state index is 12.5. The highest BCUT2D eigenvalue weighted by molar-refractivity contribution is 6.30. The van der Waals surface area contributed by atoms with Crippen LogP contribution in [0.2, 0.25) is 5.02 Å². The van der Waals surface area contributed by atoms with Crippen molar-refractivity contribution >= 4 is 23.5 Å². The number of benzene rings is 1. The van der Waals surface area contributed by atoms with Gasteiger partial charge in [0.05, 0.1) is 0 Å². The number of carbonyl (C=O) groups is 1. The minimum Gasteiger partial charge on any atom is -0.403 e. The van der Waals surface area contributed by atoms with Crippen molar-refractivity contribution in [3.63, 3.8) is 0 Å². The molecule has 1 aromatic heterocycles. The molecule has 2 heterocycles. The normalized spacial score (nSPS) is 23.5. The van der Waals surface area contributed by atoms with Gasteiger partial charge in [-0.05, 0) is 49.9 Å². The highest BCUT2D eigenvalue weighted by Crippen LogP contribution is 2.44. The van der Waals surface area contributed by atoms with Crippen LogP contribution >= 0.6 is 11.6 Å². The quantitative estimate of drug-likeness (QED) is 0.932. The van der Waals surface area contributed by atoms with E-state index in [1.165, 1.54) is 0 Å². The number of rotatable bonds is 4. The molecule has 0 spiro atoms. The molecule has 6 nitrogen and oxygen atoms in total. The van der Waals surface area contributed by atoms with Crippen molar-refractivity contribution in [2.24, 2.45) is 5.92 Å². The molecule has 2 fully saturated rings. The minimum absolute atomic E-state index is 0.0984. The second-order valence-corrected chi connectivity index (χ2v) is 6.61. The molecule has 2 aromatic rings. The summed E-state index contributed by atoms with van der Waals surface area (Å²) >= 11 is 5.86. The Labute approximate surface area is 138 Å². The summed E-state index contributed by atoms with van der Waals surface area (Å²) in [7, 11) is 0. The van der Waals surface area contributed by atoms with Crippen LogP contribution < -0.4 is 5.32 Å². The van der Waals surface area contributed by atoms with Crippen molar-refractivity contribution in [3.05, 3.63) is 29.3 Å². The summed E-state index contributed by atoms with van der Waals surface area (Å²) < 4.78 is 5.58. The number of carbonyl (C=O) groups excluding carboxylic acids is 1. The summed E-state index contributed by atoms with van der Waals surface area (Å²) in [4.78, 5) is 14.4. The lowest BCUT2D eigenvalue weighted by atomic mass is 10.2. The van der Waals surface area contributed by atoms with Crippen molar-refractivity contribution < 1.29 is 9.21 Å². The fourth-order valence-electron chi connectivity index (χ4n) is 3.15. The number of amides is 1. The molecule has 120 valence electrons. The molecular formula is C16H17ClN4O2. The Kier molecular flexibility index (Phi) is 3.49. The third-order valence-corrected chi connectivity index (χ3v) is 4.79. The summed E-state index contributed by atoms with van der Waals surface area (Å²) in [6, 6.07) is 7.48. The van der Waals surface area contributed by atoms with Crippen LogP contribution in [0.25, 0.3) is 11.5 Å². The van der Waals surface area contributed by atoms with E-state index < -0.39 is 0 Å². The minimum atomic E-state index is -0.382. The fourth-order valence-corrected chi connectivity index (χ4v) is 3.28. The molecule has 1 amide bonds. The van der Waals surface area contributed by atoms with Crippen molar-refractivity contribution in [3.8, 4) is 11.5 Å². The molecule has 4 rings (SSSR count). The SMILES string of the molecule is C[C@@H](Nc1nnc(-c2ccc(Cl)cc2)o1)C(=O)N1CC[C@H]2C[C@H]21. The predicted molar refractivity (Wildman–Crippen MR) is 86.1 cm³/mol. The third kappa shape index (κ3) is 2.79. The smallest absolute Gasteiger partial charge is 0.316 e. The zero-order valence-electron chi connectivity index (χ0n) is 12.7. The van der Waals surface area contributed by atoms with Crippen molar-refractivity contribution in [2.75, 3.05) is 11.9 Å². The van der Waals surface area contributed by atoms with Gasteiger partial charge in [0.15, 0.2) is 0 Å². The molecule has 1 aromatic carbocycles. The number of nitrogens with one attached hydrogen (secondary N) is 1. The standard InChI is InChI=1S/C16H17ClN4O2/c1-9(15(22)21-7-6-11-8-13(11)21)18-16-20-19-14(23-16)10-2-4-12(17)5-3-10/h2-5,9,11,13H,6-8H2,1H3,(H,18,20)/t9-,11+,13-/m1/s1. The zero-order chi connectivity index (χ0) is 16.0. The van der Waals surface area contributed by atoms with Crippen LogP contribution in [-0.2, 0) is 4.79 Å². The first kappa shape index (κ1) is 14.5. The summed E-state index contributed by atoms with van der Waals surface area (Å²) in [6.45, 7) is 2.68. The van der Waals surface area contributed by atoms with Crippen LogP contribution in [0, 0.1) is 5.92 Å². The van der Waals surface area contributed by atoms with Gasteiger partial charge in [0, 0.05) is 23.2 Å². The molecule has 1 saturated carbocycles. The maximum absolute atomic E-state index is 12.5. The van der Waals surface area contributed by atoms with Gasteiger partial charge in [0.1, 0.15) is 6.04 Å². The molecule has 1 N–H and O–H groups in total. The highest BCUT2D eigenvalue weighted by atomic mass is 35.5. The first-order valence-electron chi connectivity index (χ1n) is 7.78. The number of nitrogens with zero attached hydrogens (tertiary/aromatic N) is 3. The van der Waals surface area contributed by atoms with Gasteiger partial charge in [0.2, 0.25) is 11.8 Å². The van der Waals surface area contributed by atoms with Crippen LogP contribution in [0.3, 0.4) is 0 Å². The lowest BCUT2D eigenvalue weighted by molar-refractivity contribution is -0.131. The van der Waals surface area contributed by atoms with Crippen LogP contribution in [0.1, 0.15) is 19.8 Å². The predicted octanol–water partition coefficient (Wildman–Crippen LogP) is 2.81. The highest BCUT2D eigenvalue weighted by Gasteiger charge is 2.49. The van der Waals surface area contributed by atoms with Crippen molar-refractivity contribution in [2.45, 2.75) is 31.8 Å². The Bertz CT molecular complexity index is 730. The van der Waals surface area contributed by atoms with Gasteiger partial charge in [-0.15, -0.1) is 5.10 Å². The van der Waals surface area contributed by atoms with E-state index in [4.69, 9.17) is 16.0 Å². The molecular weight excluding hydrogens is 316 g/mol. The van der Waals surface area contributed by atoms with E-state index in [2.05, 4.69) is 15.5 Å². The Hall–Kier alpha value is -2.08. The Balaban J connectivity index is 1.42. The number of piperidine rings is 1. The van der Waals surface area contributed by atoms with Crippen molar-refractivity contribution in [1.29, 1.82) is 0 Å². The first-order valence-corrected chi connectivity index (χ1v) is 8.16. The number of fused-ring (bicyclic) bond motifs is 1. The largest absolute Gasteiger partial charge is 0.403 e. The van der Waals surface area contributed by atoms with Crippen LogP contribution in [0.4, 0.5) is 6.01 Å². The van der Waals surface area contributed by atoms with Gasteiger partial charge >= 0.3 is 6.01 Å². The number of likely N-dealkylation sites (tertiary alicyclic amines) is 1. The molecule has 0 radical (unpaired) electrons. The second-order valence-electron chi connectivity index (χ2n) is 6.17. The zero-order valence-corrected chi connectivity index (χ0v) is 13.5. The second kappa shape index (κ2) is 5.53. The van der Waals surface area contributed by atoms with Gasteiger partial charge < -0.3 is 14.6 Å². The van der Waals surface area contributed by atoms with E-state index in [1.54, 1.807) is 12.1 Å². The lowest BCUT2D eigenvalue weighted by Gasteiger charge is -2.22. The molecule has 7 heteroatoms. The third-order valence-electron chi connectivity index (χ3n) is 4.54. The molecule has 1 aliphatic carbocycles. The first-order chi connectivity index (χ1) is 11.1. The summed E-state index contributed by atoms with van der Waals surface area (Å²) in [5.74, 6) is 1.22. The topological polar surface area (TPSA) is 71.3 Å². The van der Waals surface area contributed by atoms with Gasteiger partial charge in [-0.1, -0.05) is 16.7 Å². The summed E-state index contributed by atoms with van der Waals surface area (Å²) in [5.41, 5.74) is 0.786. The van der Waals surface area contributed by atoms with E-state index in [0.717, 1.165) is 30.9 Å². The fraction of sp³-hybridized carbons (Fsp3) is 0.438. The van der Waals surface area contributed by atoms with Crippen molar-refractivity contribution in [1.82, 2.24) is 15.1 Å². The molecule has 23 heavy (non-hydrogen) atoms. The lowest BCUT2D eigenvalue weighted by Crippen LogP contribution is -2.41. The van der Waals surface area contributed by atoms with E-state index in [0.29, 0.717) is 17.0 Å². The Morgan fingerprint density at radius 1 is 1.39 bits per heavy atom. The summed E-state index contributed by atoms with van der Waals surface area (Å²) in [5, 5.41) is 11.6. The number of hydrogen-bond donors (Lipinski definition) is 1. The van der Waals surface area contributed by atoms with E-state index >= 15 is 0 Å². The Morgan fingerprint density at radius 2 is 2.17 bits per heavy atom. The number of halogens is 1. The monoisotopic (exact) mass is 332 g/mol.